The summed E-state index contributed by atoms with van der Waals surface area (Å²) >= 11 is 0. The van der Waals surface area contributed by atoms with Gasteiger partial charge in [-0.2, -0.15) is 10.4 Å². The Morgan fingerprint density at radius 2 is 2.00 bits per heavy atom. The highest BCUT2D eigenvalue weighted by Gasteiger charge is 2.52. The van der Waals surface area contributed by atoms with Crippen LogP contribution in [0.25, 0.3) is 11.3 Å². The summed E-state index contributed by atoms with van der Waals surface area (Å²) in [5.41, 5.74) is 1.85. The summed E-state index contributed by atoms with van der Waals surface area (Å²) in [7, 11) is 0. The number of nitrogens with zero attached hydrogens (tertiary/aromatic N) is 3. The Labute approximate surface area is 167 Å². The molecule has 2 aliphatic heterocycles. The zero-order chi connectivity index (χ0) is 19.8. The summed E-state index contributed by atoms with van der Waals surface area (Å²) in [6.45, 7) is 0.724. The highest BCUT2D eigenvalue weighted by atomic mass is 16.5. The van der Waals surface area contributed by atoms with E-state index in [0.29, 0.717) is 23.1 Å². The Kier molecular flexibility index (Phi) is 4.17. The second kappa shape index (κ2) is 6.99. The van der Waals surface area contributed by atoms with E-state index in [0.717, 1.165) is 24.3 Å². The number of nitriles is 1. The van der Waals surface area contributed by atoms with Crippen molar-refractivity contribution in [2.24, 2.45) is 5.92 Å². The number of rotatable bonds is 5. The summed E-state index contributed by atoms with van der Waals surface area (Å²) in [5, 5.41) is 19.3. The Morgan fingerprint density at radius 1 is 1.21 bits per heavy atom. The number of amides is 1. The molecule has 3 aliphatic rings. The summed E-state index contributed by atoms with van der Waals surface area (Å²) in [4.78, 5) is 14.4. The fourth-order valence-electron chi connectivity index (χ4n) is 4.14. The van der Waals surface area contributed by atoms with E-state index in [4.69, 9.17) is 10.00 Å². The number of fused-ring (bicyclic) bond motifs is 1. The maximum Gasteiger partial charge on any atom is 0.272 e. The number of benzene rings is 2. The molecule has 3 aromatic rings. The van der Waals surface area contributed by atoms with Crippen LogP contribution >= 0.6 is 0 Å². The van der Waals surface area contributed by atoms with Gasteiger partial charge in [-0.25, -0.2) is 0 Å². The molecule has 2 bridgehead atoms. The second-order valence-electron chi connectivity index (χ2n) is 7.39. The smallest absolute Gasteiger partial charge is 0.272 e. The van der Waals surface area contributed by atoms with Crippen molar-refractivity contribution in [3.63, 3.8) is 0 Å². The van der Waals surface area contributed by atoms with Crippen molar-refractivity contribution < 1.29 is 9.53 Å². The fraction of sp³-hybridized carbons (Fsp3) is 0.227. The van der Waals surface area contributed by atoms with Crippen molar-refractivity contribution in [1.82, 2.24) is 20.4 Å². The number of hydrogen-bond acceptors (Lipinski definition) is 5. The van der Waals surface area contributed by atoms with E-state index < -0.39 is 0 Å². The van der Waals surface area contributed by atoms with Crippen LogP contribution < -0.4 is 10.1 Å². The van der Waals surface area contributed by atoms with Crippen LogP contribution in [0.3, 0.4) is 0 Å². The molecule has 1 aromatic heterocycles. The molecule has 1 aliphatic carbocycles. The van der Waals surface area contributed by atoms with Crippen LogP contribution in [0.2, 0.25) is 0 Å². The summed E-state index contributed by atoms with van der Waals surface area (Å²) in [6, 6.07) is 19.0. The molecule has 29 heavy (non-hydrogen) atoms. The maximum atomic E-state index is 12.7. The molecule has 3 heterocycles. The first kappa shape index (κ1) is 17.3. The number of hydrogen-bond donors (Lipinski definition) is 2. The van der Waals surface area contributed by atoms with Gasteiger partial charge in [-0.1, -0.05) is 30.3 Å². The highest BCUT2D eigenvalue weighted by Crippen LogP contribution is 2.40. The van der Waals surface area contributed by atoms with Crippen molar-refractivity contribution in [2.75, 3.05) is 6.54 Å². The minimum absolute atomic E-state index is 0.0241. The van der Waals surface area contributed by atoms with Crippen LogP contribution in [-0.4, -0.2) is 39.6 Å². The predicted molar refractivity (Wildman–Crippen MR) is 106 cm³/mol. The van der Waals surface area contributed by atoms with Gasteiger partial charge < -0.3 is 15.0 Å². The molecule has 0 spiro atoms. The Balaban J connectivity index is 1.33. The van der Waals surface area contributed by atoms with Crippen molar-refractivity contribution in [3.8, 4) is 28.9 Å². The molecule has 1 saturated carbocycles. The van der Waals surface area contributed by atoms with Crippen molar-refractivity contribution in [1.29, 1.82) is 5.26 Å². The maximum absolute atomic E-state index is 12.7. The van der Waals surface area contributed by atoms with Crippen LogP contribution in [-0.2, 0) is 0 Å². The van der Waals surface area contributed by atoms with Crippen LogP contribution in [0.5, 0.6) is 11.5 Å². The van der Waals surface area contributed by atoms with Crippen molar-refractivity contribution in [2.45, 2.75) is 18.5 Å². The summed E-state index contributed by atoms with van der Waals surface area (Å²) in [6.07, 6.45) is 3.16. The van der Waals surface area contributed by atoms with E-state index in [1.54, 1.807) is 11.0 Å². The zero-order valence-corrected chi connectivity index (χ0v) is 15.6. The van der Waals surface area contributed by atoms with Crippen LogP contribution in [0.4, 0.5) is 0 Å². The van der Waals surface area contributed by atoms with E-state index in [9.17, 15) is 4.79 Å². The summed E-state index contributed by atoms with van der Waals surface area (Å²) in [5.74, 6) is 1.53. The van der Waals surface area contributed by atoms with Crippen molar-refractivity contribution in [3.05, 3.63) is 66.4 Å². The van der Waals surface area contributed by atoms with Gasteiger partial charge in [0, 0.05) is 18.0 Å². The SMILES string of the molecule is N#CN1C[C@H]2C[C@@H]1[C@H]2NC(=O)c1cc(-c2ccccc2Oc2ccccc2)[nH]n1. The Hall–Kier alpha value is -3.79. The van der Waals surface area contributed by atoms with Gasteiger partial charge in [-0.15, -0.1) is 0 Å². The van der Waals surface area contributed by atoms with Crippen LogP contribution in [0.15, 0.2) is 60.7 Å². The van der Waals surface area contributed by atoms with Crippen molar-refractivity contribution >= 4 is 5.91 Å². The lowest BCUT2D eigenvalue weighted by molar-refractivity contribution is 0.0875. The first-order chi connectivity index (χ1) is 14.2. The number of aromatic nitrogens is 2. The van der Waals surface area contributed by atoms with Gasteiger partial charge in [0.1, 0.15) is 11.5 Å². The quantitative estimate of drug-likeness (QED) is 0.658. The fourth-order valence-corrected chi connectivity index (χ4v) is 4.14. The van der Waals surface area contributed by atoms with E-state index in [1.165, 1.54) is 0 Å². The average molecular weight is 385 g/mol. The molecule has 0 radical (unpaired) electrons. The highest BCUT2D eigenvalue weighted by molar-refractivity contribution is 5.94. The first-order valence-corrected chi connectivity index (χ1v) is 9.58. The lowest BCUT2D eigenvalue weighted by Crippen LogP contribution is -2.54. The Morgan fingerprint density at radius 3 is 2.79 bits per heavy atom. The van der Waals surface area contributed by atoms with Gasteiger partial charge in [0.05, 0.1) is 17.8 Å². The largest absolute Gasteiger partial charge is 0.457 e. The lowest BCUT2D eigenvalue weighted by atomic mass is 9.80. The monoisotopic (exact) mass is 385 g/mol. The zero-order valence-electron chi connectivity index (χ0n) is 15.6. The third-order valence-corrected chi connectivity index (χ3v) is 5.68. The van der Waals surface area contributed by atoms with E-state index in [2.05, 4.69) is 21.7 Å². The van der Waals surface area contributed by atoms with Gasteiger partial charge >= 0.3 is 0 Å². The second-order valence-corrected chi connectivity index (χ2v) is 7.39. The molecule has 2 N–H and O–H groups in total. The molecule has 3 fully saturated rings. The summed E-state index contributed by atoms with van der Waals surface area (Å²) < 4.78 is 6.00. The van der Waals surface area contributed by atoms with Gasteiger partial charge in [-0.3, -0.25) is 9.89 Å². The lowest BCUT2D eigenvalue weighted by Gasteiger charge is -2.35. The van der Waals surface area contributed by atoms with Crippen LogP contribution in [0.1, 0.15) is 16.9 Å². The molecule has 0 unspecified atom stereocenters. The van der Waals surface area contributed by atoms with Gasteiger partial charge in [0.15, 0.2) is 11.9 Å². The molecule has 7 nitrogen and oxygen atoms in total. The van der Waals surface area contributed by atoms with E-state index in [1.807, 2.05) is 54.6 Å². The predicted octanol–water partition coefficient (Wildman–Crippen LogP) is 3.15. The third kappa shape index (κ3) is 3.09. The van der Waals surface area contributed by atoms with E-state index >= 15 is 0 Å². The van der Waals surface area contributed by atoms with Gasteiger partial charge in [0.2, 0.25) is 0 Å². The molecule has 1 amide bonds. The number of ether oxygens (including phenoxy) is 1. The molecule has 3 atom stereocenters. The number of aromatic amines is 1. The molecule has 2 aromatic carbocycles. The molecule has 144 valence electrons. The first-order valence-electron chi connectivity index (χ1n) is 9.58. The molecular weight excluding hydrogens is 366 g/mol. The molecule has 2 saturated heterocycles. The minimum Gasteiger partial charge on any atom is -0.457 e. The number of H-pyrrole nitrogens is 1. The molecular formula is C22H19N5O2. The number of nitrogens with one attached hydrogen (secondary N) is 2. The number of carbonyl (C=O) groups excluding carboxylic acids is 1. The normalized spacial score (nSPS) is 21.9. The minimum atomic E-state index is -0.228. The average Bonchev–Trinajstić information content (AvgIpc) is 3.47. The molecule has 6 rings (SSSR count). The Bertz CT molecular complexity index is 1090. The topological polar surface area (TPSA) is 94.0 Å². The number of para-hydroxylation sites is 2. The number of carbonyl (C=O) groups is 1. The van der Waals surface area contributed by atoms with Crippen LogP contribution in [0, 0.1) is 17.4 Å². The molecule has 7 heteroatoms. The van der Waals surface area contributed by atoms with Gasteiger partial charge in [0.25, 0.3) is 5.91 Å². The van der Waals surface area contributed by atoms with Gasteiger partial charge in [-0.05, 0) is 36.8 Å². The van der Waals surface area contributed by atoms with E-state index in [-0.39, 0.29) is 18.0 Å². The third-order valence-electron chi connectivity index (χ3n) is 5.68. The standard InChI is InChI=1S/C22H19N5O2/c23-13-27-12-14-10-19(27)21(14)24-22(28)18-11-17(25-26-18)16-8-4-5-9-20(16)29-15-6-2-1-3-7-15/h1-9,11,14,19,21H,10,12H2,(H,24,28)(H,25,26)/t14-,19-,21+/m1/s1.